The van der Waals surface area contributed by atoms with Crippen molar-refractivity contribution in [3.05, 3.63) is 6.07 Å². The van der Waals surface area contributed by atoms with Crippen LogP contribution in [-0.2, 0) is 0 Å². The van der Waals surface area contributed by atoms with Gasteiger partial charge in [0.1, 0.15) is 5.82 Å². The van der Waals surface area contributed by atoms with Crippen LogP contribution in [0.2, 0.25) is 0 Å². The zero-order valence-electron chi connectivity index (χ0n) is 11.1. The first kappa shape index (κ1) is 13.5. The fourth-order valence-electron chi connectivity index (χ4n) is 1.10. The van der Waals surface area contributed by atoms with E-state index in [2.05, 4.69) is 34.0 Å². The minimum atomic E-state index is 0.0208. The highest BCUT2D eigenvalue weighted by atomic mass is 16.5. The average Bonchev–Trinajstić information content (AvgIpc) is 2.25. The molecule has 0 aromatic carbocycles. The second-order valence-corrected chi connectivity index (χ2v) is 4.71. The summed E-state index contributed by atoms with van der Waals surface area (Å²) in [6.07, 6.45) is 0. The Bertz CT molecular complexity index is 378. The topological polar surface area (TPSA) is 76.3 Å². The van der Waals surface area contributed by atoms with Crippen molar-refractivity contribution in [1.82, 2.24) is 14.9 Å². The van der Waals surface area contributed by atoms with Crippen molar-refractivity contribution >= 4 is 11.8 Å². The second-order valence-electron chi connectivity index (χ2n) is 4.71. The van der Waals surface area contributed by atoms with Gasteiger partial charge in [-0.1, -0.05) is 0 Å². The molecule has 6 heteroatoms. The summed E-state index contributed by atoms with van der Waals surface area (Å²) in [5.41, 5.74) is 5.60. The third-order valence-electron chi connectivity index (χ3n) is 2.84. The summed E-state index contributed by atoms with van der Waals surface area (Å²) in [6.45, 7) is 5.03. The molecule has 1 aromatic heterocycles. The first-order valence-corrected chi connectivity index (χ1v) is 5.45. The molecule has 0 radical (unpaired) electrons. The van der Waals surface area contributed by atoms with Crippen LogP contribution in [0.25, 0.3) is 0 Å². The normalized spacial score (nSPS) is 11.6. The smallest absolute Gasteiger partial charge is 0.225 e. The van der Waals surface area contributed by atoms with E-state index in [1.54, 1.807) is 13.2 Å². The van der Waals surface area contributed by atoms with E-state index in [9.17, 15) is 0 Å². The highest BCUT2D eigenvalue weighted by Gasteiger charge is 2.20. The Balaban J connectivity index is 2.72. The first-order chi connectivity index (χ1) is 7.85. The predicted octanol–water partition coefficient (Wildman–Crippen LogP) is 0.819. The number of hydrogen-bond acceptors (Lipinski definition) is 6. The summed E-state index contributed by atoms with van der Waals surface area (Å²) in [7, 11) is 5.63. The molecule has 0 saturated heterocycles. The molecule has 0 aliphatic rings. The van der Waals surface area contributed by atoms with Crippen LogP contribution < -0.4 is 15.8 Å². The first-order valence-electron chi connectivity index (χ1n) is 5.45. The molecule has 3 N–H and O–H groups in total. The van der Waals surface area contributed by atoms with E-state index >= 15 is 0 Å². The van der Waals surface area contributed by atoms with Gasteiger partial charge in [0.25, 0.3) is 0 Å². The van der Waals surface area contributed by atoms with E-state index < -0.39 is 0 Å². The van der Waals surface area contributed by atoms with Crippen LogP contribution in [0, 0.1) is 0 Å². The minimum absolute atomic E-state index is 0.0208. The molecular weight excluding hydrogens is 218 g/mol. The molecule has 96 valence electrons. The van der Waals surface area contributed by atoms with Crippen LogP contribution in [0.1, 0.15) is 13.8 Å². The van der Waals surface area contributed by atoms with E-state index in [0.29, 0.717) is 11.7 Å². The number of nitrogens with one attached hydrogen (secondary N) is 1. The maximum absolute atomic E-state index is 5.58. The maximum atomic E-state index is 5.58. The lowest BCUT2D eigenvalue weighted by Gasteiger charge is -2.32. The number of nitrogens with zero attached hydrogens (tertiary/aromatic N) is 3. The molecule has 0 aliphatic heterocycles. The number of aromatic nitrogens is 2. The lowest BCUT2D eigenvalue weighted by molar-refractivity contribution is 0.210. The zero-order valence-corrected chi connectivity index (χ0v) is 11.1. The molecule has 1 aromatic rings. The van der Waals surface area contributed by atoms with E-state index in [4.69, 9.17) is 10.5 Å². The molecule has 0 unspecified atom stereocenters. The Morgan fingerprint density at radius 3 is 2.59 bits per heavy atom. The molecule has 0 aliphatic carbocycles. The Morgan fingerprint density at radius 1 is 1.41 bits per heavy atom. The van der Waals surface area contributed by atoms with Gasteiger partial charge in [0, 0.05) is 18.2 Å². The van der Waals surface area contributed by atoms with Gasteiger partial charge in [-0.15, -0.1) is 0 Å². The van der Waals surface area contributed by atoms with E-state index in [0.717, 1.165) is 6.54 Å². The molecule has 0 saturated carbocycles. The fraction of sp³-hybridized carbons (Fsp3) is 0.636. The SMILES string of the molecule is COc1cc(NCC(C)(C)N(C)C)nc(N)n1. The highest BCUT2D eigenvalue weighted by Crippen LogP contribution is 2.16. The summed E-state index contributed by atoms with van der Waals surface area (Å²) in [5, 5.41) is 3.23. The van der Waals surface area contributed by atoms with E-state index in [1.807, 2.05) is 14.1 Å². The second kappa shape index (κ2) is 5.18. The minimum Gasteiger partial charge on any atom is -0.481 e. The van der Waals surface area contributed by atoms with Crippen molar-refractivity contribution in [3.8, 4) is 5.88 Å². The molecule has 0 fully saturated rings. The summed E-state index contributed by atoms with van der Waals surface area (Å²) >= 11 is 0. The summed E-state index contributed by atoms with van der Waals surface area (Å²) < 4.78 is 5.03. The van der Waals surface area contributed by atoms with E-state index in [1.165, 1.54) is 0 Å². The third kappa shape index (κ3) is 3.74. The molecule has 6 nitrogen and oxygen atoms in total. The number of anilines is 2. The van der Waals surface area contributed by atoms with Gasteiger partial charge in [-0.2, -0.15) is 9.97 Å². The Hall–Kier alpha value is -1.56. The molecule has 0 amide bonds. The van der Waals surface area contributed by atoms with Crippen molar-refractivity contribution in [2.45, 2.75) is 19.4 Å². The van der Waals surface area contributed by atoms with Crippen LogP contribution >= 0.6 is 0 Å². The number of methoxy groups -OCH3 is 1. The van der Waals surface area contributed by atoms with E-state index in [-0.39, 0.29) is 11.5 Å². The van der Waals surface area contributed by atoms with Crippen molar-refractivity contribution in [2.24, 2.45) is 0 Å². The van der Waals surface area contributed by atoms with Crippen molar-refractivity contribution in [3.63, 3.8) is 0 Å². The van der Waals surface area contributed by atoms with Crippen LogP contribution in [0.3, 0.4) is 0 Å². The molecule has 1 heterocycles. The van der Waals surface area contributed by atoms with Gasteiger partial charge in [-0.25, -0.2) is 0 Å². The molecule has 17 heavy (non-hydrogen) atoms. The van der Waals surface area contributed by atoms with Crippen LogP contribution in [0.15, 0.2) is 6.07 Å². The average molecular weight is 239 g/mol. The summed E-state index contributed by atoms with van der Waals surface area (Å²) in [5.74, 6) is 1.33. The summed E-state index contributed by atoms with van der Waals surface area (Å²) in [4.78, 5) is 10.2. The molecule has 1 rings (SSSR count). The number of hydrogen-bond donors (Lipinski definition) is 2. The number of likely N-dealkylation sites (N-methyl/N-ethyl adjacent to an activating group) is 1. The standard InChI is InChI=1S/C11H21N5O/c1-11(2,16(3)4)7-13-8-6-9(17-5)15-10(12)14-8/h6H,7H2,1-5H3,(H3,12,13,14,15). The van der Waals surface area contributed by atoms with Crippen molar-refractivity contribution < 1.29 is 4.74 Å². The zero-order chi connectivity index (χ0) is 13.1. The quantitative estimate of drug-likeness (QED) is 0.792. The van der Waals surface area contributed by atoms with Crippen molar-refractivity contribution in [1.29, 1.82) is 0 Å². The van der Waals surface area contributed by atoms with Gasteiger partial charge < -0.3 is 20.7 Å². The Kier molecular flexibility index (Phi) is 4.11. The lowest BCUT2D eigenvalue weighted by Crippen LogP contribution is -2.44. The fourth-order valence-corrected chi connectivity index (χ4v) is 1.10. The third-order valence-corrected chi connectivity index (χ3v) is 2.84. The van der Waals surface area contributed by atoms with Gasteiger partial charge in [-0.3, -0.25) is 0 Å². The maximum Gasteiger partial charge on any atom is 0.225 e. The lowest BCUT2D eigenvalue weighted by atomic mass is 10.0. The van der Waals surface area contributed by atoms with Gasteiger partial charge in [-0.05, 0) is 27.9 Å². The van der Waals surface area contributed by atoms with Gasteiger partial charge >= 0.3 is 0 Å². The number of rotatable bonds is 5. The summed E-state index contributed by atoms with van der Waals surface area (Å²) in [6, 6.07) is 1.72. The molecule has 0 spiro atoms. The Morgan fingerprint density at radius 2 is 2.06 bits per heavy atom. The van der Waals surface area contributed by atoms with Crippen LogP contribution in [0.5, 0.6) is 5.88 Å². The molecule has 0 atom stereocenters. The van der Waals surface area contributed by atoms with Gasteiger partial charge in [0.2, 0.25) is 11.8 Å². The van der Waals surface area contributed by atoms with Crippen LogP contribution in [0.4, 0.5) is 11.8 Å². The monoisotopic (exact) mass is 239 g/mol. The molecule has 0 bridgehead atoms. The van der Waals surface area contributed by atoms with Gasteiger partial charge in [0.15, 0.2) is 0 Å². The number of ether oxygens (including phenoxy) is 1. The number of nitrogens with two attached hydrogens (primary N) is 1. The van der Waals surface area contributed by atoms with Crippen LogP contribution in [-0.4, -0.2) is 48.2 Å². The number of nitrogen functional groups attached to an aromatic ring is 1. The largest absolute Gasteiger partial charge is 0.481 e. The highest BCUT2D eigenvalue weighted by molar-refractivity contribution is 5.43. The molecular formula is C11H21N5O. The predicted molar refractivity (Wildman–Crippen MR) is 69.3 cm³/mol. The van der Waals surface area contributed by atoms with Crippen molar-refractivity contribution in [2.75, 3.05) is 38.8 Å². The van der Waals surface area contributed by atoms with Gasteiger partial charge in [0.05, 0.1) is 7.11 Å². The Labute approximate surface area is 102 Å².